The quantitative estimate of drug-likeness (QED) is 0.233. The van der Waals surface area contributed by atoms with E-state index in [-0.39, 0.29) is 36.5 Å². The standard InChI is InChI=1S/C26H28ClFN6O5S2/c1-39-17-22(32-41(29,37)38)15-30-26(33-40(35,36)23-13-9-20(27)10-14-23)34-16-24(18-5-3-2-4-6-18)25(31-34)19-7-11-21(28)12-8-19/h2-14,22,24,32H,15-17H2,1H3,(H,30,33)(H2,29,37,38)/t22-,24-/m0/s1. The molecular formula is C26H28ClFN6O5S2. The Hall–Kier alpha value is -3.40. The van der Waals surface area contributed by atoms with Gasteiger partial charge in [-0.3, -0.25) is 0 Å². The van der Waals surface area contributed by atoms with E-state index in [0.29, 0.717) is 16.3 Å². The van der Waals surface area contributed by atoms with E-state index in [2.05, 4.69) is 14.4 Å². The summed E-state index contributed by atoms with van der Waals surface area (Å²) in [5, 5.41) is 11.6. The van der Waals surface area contributed by atoms with Crippen LogP contribution in [0.1, 0.15) is 17.0 Å². The molecule has 4 rings (SSSR count). The van der Waals surface area contributed by atoms with Crippen LogP contribution < -0.4 is 14.6 Å². The van der Waals surface area contributed by atoms with Crippen LogP contribution in [0, 0.1) is 5.82 Å². The lowest BCUT2D eigenvalue weighted by Crippen LogP contribution is -2.45. The van der Waals surface area contributed by atoms with Gasteiger partial charge in [0.25, 0.3) is 20.2 Å². The smallest absolute Gasteiger partial charge is 0.274 e. The Kier molecular flexibility index (Phi) is 9.73. The third-order valence-electron chi connectivity index (χ3n) is 6.01. The largest absolute Gasteiger partial charge is 0.383 e. The molecule has 0 aliphatic carbocycles. The molecular weight excluding hydrogens is 595 g/mol. The van der Waals surface area contributed by atoms with Gasteiger partial charge in [-0.05, 0) is 47.5 Å². The highest BCUT2D eigenvalue weighted by molar-refractivity contribution is 7.90. The van der Waals surface area contributed by atoms with Crippen molar-refractivity contribution in [2.45, 2.75) is 16.9 Å². The fourth-order valence-corrected chi connectivity index (χ4v) is 5.93. The van der Waals surface area contributed by atoms with Crippen molar-refractivity contribution in [1.82, 2.24) is 14.5 Å². The summed E-state index contributed by atoms with van der Waals surface area (Å²) in [6, 6.07) is 19.9. The second-order valence-electron chi connectivity index (χ2n) is 9.08. The maximum atomic E-state index is 13.7. The fourth-order valence-electron chi connectivity index (χ4n) is 4.18. The molecule has 1 aliphatic heterocycles. The lowest BCUT2D eigenvalue weighted by Gasteiger charge is -2.21. The van der Waals surface area contributed by atoms with Gasteiger partial charge >= 0.3 is 0 Å². The lowest BCUT2D eigenvalue weighted by molar-refractivity contribution is 0.177. The molecule has 15 heteroatoms. The first-order valence-corrected chi connectivity index (χ1v) is 15.6. The Morgan fingerprint density at radius 3 is 2.37 bits per heavy atom. The highest BCUT2D eigenvalue weighted by Crippen LogP contribution is 2.29. The molecule has 0 fully saturated rings. The SMILES string of the molecule is COC[C@H](CN=C(NS(=O)(=O)c1ccc(Cl)cc1)N1C[C@@H](c2ccccc2)C(c2ccc(F)cc2)=N1)NS(N)(=O)=O. The van der Waals surface area contributed by atoms with Gasteiger partial charge in [-0.15, -0.1) is 0 Å². The molecule has 0 aromatic heterocycles. The van der Waals surface area contributed by atoms with Crippen LogP contribution in [0.4, 0.5) is 4.39 Å². The van der Waals surface area contributed by atoms with Crippen LogP contribution in [0.2, 0.25) is 5.02 Å². The Labute approximate surface area is 243 Å². The predicted molar refractivity (Wildman–Crippen MR) is 155 cm³/mol. The summed E-state index contributed by atoms with van der Waals surface area (Å²) in [6.45, 7) is -0.152. The first-order valence-electron chi connectivity index (χ1n) is 12.2. The zero-order valence-corrected chi connectivity index (χ0v) is 24.2. The van der Waals surface area contributed by atoms with Crippen LogP contribution in [-0.2, 0) is 25.0 Å². The second kappa shape index (κ2) is 13.1. The zero-order chi connectivity index (χ0) is 29.6. The molecule has 2 atom stereocenters. The number of hydrogen-bond acceptors (Lipinski definition) is 7. The van der Waals surface area contributed by atoms with Crippen molar-refractivity contribution in [1.29, 1.82) is 0 Å². The van der Waals surface area contributed by atoms with E-state index in [0.717, 1.165) is 5.56 Å². The minimum atomic E-state index is -4.17. The van der Waals surface area contributed by atoms with E-state index in [1.165, 1.54) is 48.5 Å². The monoisotopic (exact) mass is 622 g/mol. The van der Waals surface area contributed by atoms with Gasteiger partial charge in [0, 0.05) is 18.1 Å². The molecule has 11 nitrogen and oxygen atoms in total. The van der Waals surface area contributed by atoms with Gasteiger partial charge in [0.15, 0.2) is 0 Å². The van der Waals surface area contributed by atoms with E-state index < -0.39 is 32.1 Å². The average molecular weight is 623 g/mol. The van der Waals surface area contributed by atoms with Gasteiger partial charge in [0.2, 0.25) is 5.96 Å². The molecule has 0 amide bonds. The molecule has 1 heterocycles. The summed E-state index contributed by atoms with van der Waals surface area (Å²) in [5.74, 6) is -0.912. The van der Waals surface area contributed by atoms with Crippen LogP contribution in [0.25, 0.3) is 0 Å². The number of methoxy groups -OCH3 is 1. The molecule has 0 spiro atoms. The summed E-state index contributed by atoms with van der Waals surface area (Å²) in [4.78, 5) is 4.33. The van der Waals surface area contributed by atoms with Crippen molar-refractivity contribution in [3.63, 3.8) is 0 Å². The normalized spacial score (nSPS) is 16.9. The van der Waals surface area contributed by atoms with Crippen molar-refractivity contribution in [3.05, 3.63) is 101 Å². The van der Waals surface area contributed by atoms with Gasteiger partial charge in [0.1, 0.15) is 5.82 Å². The van der Waals surface area contributed by atoms with Crippen molar-refractivity contribution in [2.24, 2.45) is 15.2 Å². The summed E-state index contributed by atoms with van der Waals surface area (Å²) in [7, 11) is -6.91. The molecule has 1 aliphatic rings. The molecule has 0 bridgehead atoms. The highest BCUT2D eigenvalue weighted by atomic mass is 35.5. The van der Waals surface area contributed by atoms with Gasteiger partial charge < -0.3 is 4.74 Å². The molecule has 3 aromatic rings. The first-order chi connectivity index (χ1) is 19.4. The van der Waals surface area contributed by atoms with Crippen LogP contribution in [0.5, 0.6) is 0 Å². The number of rotatable bonds is 10. The van der Waals surface area contributed by atoms with Crippen molar-refractivity contribution < 1.29 is 26.0 Å². The summed E-state index contributed by atoms with van der Waals surface area (Å²) >= 11 is 5.93. The number of halogens is 2. The minimum absolute atomic E-state index is 0.0766. The number of hydrogen-bond donors (Lipinski definition) is 3. The van der Waals surface area contributed by atoms with E-state index in [1.807, 2.05) is 30.3 Å². The van der Waals surface area contributed by atoms with Crippen molar-refractivity contribution in [3.8, 4) is 0 Å². The molecule has 0 saturated heterocycles. The van der Waals surface area contributed by atoms with Gasteiger partial charge in [-0.1, -0.05) is 54.1 Å². The molecule has 218 valence electrons. The Morgan fingerprint density at radius 2 is 1.76 bits per heavy atom. The summed E-state index contributed by atoms with van der Waals surface area (Å²) in [5.41, 5.74) is 2.09. The zero-order valence-electron chi connectivity index (χ0n) is 21.8. The number of benzene rings is 3. The van der Waals surface area contributed by atoms with Crippen LogP contribution >= 0.6 is 11.6 Å². The molecule has 41 heavy (non-hydrogen) atoms. The molecule has 0 unspecified atom stereocenters. The third kappa shape index (κ3) is 8.31. The minimum Gasteiger partial charge on any atom is -0.383 e. The van der Waals surface area contributed by atoms with Crippen molar-refractivity contribution >= 4 is 43.5 Å². The van der Waals surface area contributed by atoms with E-state index in [9.17, 15) is 21.2 Å². The number of guanidine groups is 1. The highest BCUT2D eigenvalue weighted by Gasteiger charge is 2.33. The van der Waals surface area contributed by atoms with E-state index >= 15 is 0 Å². The number of nitrogens with two attached hydrogens (primary N) is 1. The molecule has 0 saturated carbocycles. The van der Waals surface area contributed by atoms with Crippen LogP contribution in [0.15, 0.2) is 93.9 Å². The molecule has 0 radical (unpaired) electrons. The van der Waals surface area contributed by atoms with Crippen molar-refractivity contribution in [2.75, 3.05) is 26.8 Å². The number of hydrazone groups is 1. The van der Waals surface area contributed by atoms with E-state index in [4.69, 9.17) is 26.6 Å². The maximum absolute atomic E-state index is 13.7. The van der Waals surface area contributed by atoms with Gasteiger partial charge in [-0.25, -0.2) is 32.7 Å². The fraction of sp³-hybridized carbons (Fsp3) is 0.231. The number of ether oxygens (including phenoxy) is 1. The average Bonchev–Trinajstić information content (AvgIpc) is 3.37. The Bertz CT molecular complexity index is 1620. The Balaban J connectivity index is 1.76. The number of nitrogens with one attached hydrogen (secondary N) is 2. The number of nitrogens with zero attached hydrogens (tertiary/aromatic N) is 3. The summed E-state index contributed by atoms with van der Waals surface area (Å²) in [6.07, 6.45) is 0. The predicted octanol–water partition coefficient (Wildman–Crippen LogP) is 2.43. The van der Waals surface area contributed by atoms with Gasteiger partial charge in [0.05, 0.1) is 36.3 Å². The second-order valence-corrected chi connectivity index (χ2v) is 12.5. The Morgan fingerprint density at radius 1 is 1.10 bits per heavy atom. The molecule has 3 aromatic carbocycles. The third-order valence-corrected chi connectivity index (χ3v) is 8.27. The van der Waals surface area contributed by atoms with Crippen LogP contribution in [-0.4, -0.2) is 66.4 Å². The number of sulfonamides is 1. The maximum Gasteiger partial charge on any atom is 0.274 e. The topological polar surface area (TPSA) is 156 Å². The summed E-state index contributed by atoms with van der Waals surface area (Å²) < 4.78 is 73.5. The van der Waals surface area contributed by atoms with Crippen LogP contribution in [0.3, 0.4) is 0 Å². The van der Waals surface area contributed by atoms with Gasteiger partial charge in [-0.2, -0.15) is 18.2 Å². The molecule has 4 N–H and O–H groups in total. The van der Waals surface area contributed by atoms with E-state index in [1.54, 1.807) is 12.1 Å². The lowest BCUT2D eigenvalue weighted by atomic mass is 9.91. The first kappa shape index (κ1) is 30.6. The number of aliphatic imine (C=N–C) groups is 1.